The van der Waals surface area contributed by atoms with Gasteiger partial charge in [-0.3, -0.25) is 9.48 Å². The van der Waals surface area contributed by atoms with Crippen LogP contribution in [0.15, 0.2) is 48.5 Å². The lowest BCUT2D eigenvalue weighted by molar-refractivity contribution is 0.0951. The number of carbonyl (C=O) groups excluding carboxylic acids is 1. The van der Waals surface area contributed by atoms with E-state index in [2.05, 4.69) is 59.2 Å². The maximum atomic E-state index is 12.8. The lowest BCUT2D eigenvalue weighted by Gasteiger charge is -2.09. The molecule has 2 aromatic carbocycles. The number of rotatable bonds is 5. The van der Waals surface area contributed by atoms with Gasteiger partial charge >= 0.3 is 0 Å². The lowest BCUT2D eigenvalue weighted by Crippen LogP contribution is -2.23. The van der Waals surface area contributed by atoms with Crippen molar-refractivity contribution in [3.63, 3.8) is 0 Å². The van der Waals surface area contributed by atoms with Crippen molar-refractivity contribution < 1.29 is 4.79 Å². The molecule has 0 atom stereocenters. The Kier molecular flexibility index (Phi) is 5.20. The number of fused-ring (bicyclic) bond motifs is 1. The van der Waals surface area contributed by atoms with Crippen molar-refractivity contribution in [3.8, 4) is 0 Å². The minimum absolute atomic E-state index is 0.0626. The molecule has 0 fully saturated rings. The van der Waals surface area contributed by atoms with E-state index < -0.39 is 0 Å². The number of aryl methyl sites for hydroxylation is 3. The van der Waals surface area contributed by atoms with E-state index in [1.54, 1.807) is 0 Å². The van der Waals surface area contributed by atoms with Crippen LogP contribution in [-0.2, 0) is 20.1 Å². The molecule has 2 aromatic heterocycles. The Morgan fingerprint density at radius 2 is 1.73 bits per heavy atom. The van der Waals surface area contributed by atoms with Gasteiger partial charge in [0.1, 0.15) is 0 Å². The molecule has 0 saturated carbocycles. The molecule has 0 aliphatic heterocycles. The zero-order chi connectivity index (χ0) is 21.4. The Balaban J connectivity index is 1.60. The number of hydrogen-bond donors (Lipinski definition) is 1. The highest BCUT2D eigenvalue weighted by Gasteiger charge is 2.15. The van der Waals surface area contributed by atoms with Crippen molar-refractivity contribution in [3.05, 3.63) is 87.9 Å². The van der Waals surface area contributed by atoms with Crippen LogP contribution in [0.25, 0.3) is 10.9 Å². The highest BCUT2D eigenvalue weighted by molar-refractivity contribution is 5.99. The summed E-state index contributed by atoms with van der Waals surface area (Å²) in [4.78, 5) is 12.8. The Bertz CT molecular complexity index is 1230. The first-order valence-corrected chi connectivity index (χ1v) is 10.3. The summed E-state index contributed by atoms with van der Waals surface area (Å²) >= 11 is 0. The van der Waals surface area contributed by atoms with Crippen LogP contribution in [0.3, 0.4) is 0 Å². The second kappa shape index (κ2) is 7.82. The molecule has 4 rings (SSSR count). The summed E-state index contributed by atoms with van der Waals surface area (Å²) in [6.07, 6.45) is 0. The van der Waals surface area contributed by atoms with E-state index in [0.29, 0.717) is 12.1 Å². The van der Waals surface area contributed by atoms with Crippen LogP contribution in [0.1, 0.15) is 44.1 Å². The Labute approximate surface area is 177 Å². The molecule has 1 amide bonds. The minimum Gasteiger partial charge on any atom is -0.348 e. The van der Waals surface area contributed by atoms with Crippen LogP contribution in [0.4, 0.5) is 0 Å². The monoisotopic (exact) mass is 400 g/mol. The second-order valence-corrected chi connectivity index (χ2v) is 7.97. The van der Waals surface area contributed by atoms with Crippen LogP contribution >= 0.6 is 0 Å². The van der Waals surface area contributed by atoms with Crippen molar-refractivity contribution in [2.75, 3.05) is 0 Å². The molecular weight excluding hydrogens is 372 g/mol. The van der Waals surface area contributed by atoms with E-state index in [9.17, 15) is 4.79 Å². The third-order valence-corrected chi connectivity index (χ3v) is 6.17. The van der Waals surface area contributed by atoms with Gasteiger partial charge in [0, 0.05) is 53.6 Å². The third kappa shape index (κ3) is 3.52. The van der Waals surface area contributed by atoms with Gasteiger partial charge in [0.05, 0.1) is 5.69 Å². The first kappa shape index (κ1) is 20.0. The normalized spacial score (nSPS) is 11.2. The van der Waals surface area contributed by atoms with Crippen molar-refractivity contribution in [2.45, 2.75) is 40.8 Å². The molecule has 5 nitrogen and oxygen atoms in total. The average molecular weight is 401 g/mol. The molecule has 0 aliphatic carbocycles. The minimum atomic E-state index is -0.0626. The zero-order valence-electron chi connectivity index (χ0n) is 18.3. The van der Waals surface area contributed by atoms with Gasteiger partial charge in [-0.1, -0.05) is 30.3 Å². The van der Waals surface area contributed by atoms with E-state index >= 15 is 0 Å². The molecule has 4 aromatic rings. The third-order valence-electron chi connectivity index (χ3n) is 6.17. The van der Waals surface area contributed by atoms with Gasteiger partial charge in [0.15, 0.2) is 0 Å². The fraction of sp³-hybridized carbons (Fsp3) is 0.280. The van der Waals surface area contributed by atoms with Crippen molar-refractivity contribution in [1.29, 1.82) is 0 Å². The predicted molar refractivity (Wildman–Crippen MR) is 121 cm³/mol. The number of aromatic nitrogens is 3. The van der Waals surface area contributed by atoms with E-state index in [1.807, 2.05) is 43.8 Å². The quantitative estimate of drug-likeness (QED) is 0.533. The van der Waals surface area contributed by atoms with Crippen molar-refractivity contribution in [2.24, 2.45) is 7.05 Å². The summed E-state index contributed by atoms with van der Waals surface area (Å²) in [5, 5.41) is 8.61. The van der Waals surface area contributed by atoms with Gasteiger partial charge in [-0.25, -0.2) is 0 Å². The van der Waals surface area contributed by atoms with Crippen LogP contribution in [0, 0.1) is 27.7 Å². The van der Waals surface area contributed by atoms with Gasteiger partial charge in [-0.2, -0.15) is 5.10 Å². The van der Waals surface area contributed by atoms with Gasteiger partial charge in [0.2, 0.25) is 0 Å². The maximum Gasteiger partial charge on any atom is 0.251 e. The number of nitrogens with zero attached hydrogens (tertiary/aromatic N) is 3. The van der Waals surface area contributed by atoms with E-state index in [4.69, 9.17) is 0 Å². The van der Waals surface area contributed by atoms with Gasteiger partial charge in [0.25, 0.3) is 5.91 Å². The van der Waals surface area contributed by atoms with Gasteiger partial charge in [-0.05, 0) is 57.0 Å². The number of amides is 1. The molecule has 30 heavy (non-hydrogen) atoms. The first-order valence-electron chi connectivity index (χ1n) is 10.3. The summed E-state index contributed by atoms with van der Waals surface area (Å²) in [6, 6.07) is 16.4. The second-order valence-electron chi connectivity index (χ2n) is 7.97. The van der Waals surface area contributed by atoms with E-state index in [0.717, 1.165) is 34.4 Å². The topological polar surface area (TPSA) is 51.9 Å². The summed E-state index contributed by atoms with van der Waals surface area (Å²) in [6.45, 7) is 9.57. The fourth-order valence-electron chi connectivity index (χ4n) is 4.10. The zero-order valence-corrected chi connectivity index (χ0v) is 18.3. The highest BCUT2D eigenvalue weighted by Crippen LogP contribution is 2.27. The standard InChI is InChI=1S/C25H28N4O/c1-16-18(3)29(15-20-9-7-6-8-10-20)24-12-11-21(13-22(16)24)25(30)26-14-23-17(2)27-28(5)19(23)4/h6-13H,14-15H2,1-5H3,(H,26,30). The van der Waals surface area contributed by atoms with Crippen LogP contribution in [0.5, 0.6) is 0 Å². The fourth-order valence-corrected chi connectivity index (χ4v) is 4.10. The number of nitrogens with one attached hydrogen (secondary N) is 1. The first-order chi connectivity index (χ1) is 14.4. The molecule has 0 spiro atoms. The number of hydrogen-bond acceptors (Lipinski definition) is 2. The molecule has 154 valence electrons. The molecule has 5 heteroatoms. The van der Waals surface area contributed by atoms with E-state index in [-0.39, 0.29) is 5.91 Å². The van der Waals surface area contributed by atoms with Crippen LogP contribution < -0.4 is 5.32 Å². The summed E-state index contributed by atoms with van der Waals surface area (Å²) < 4.78 is 4.18. The van der Waals surface area contributed by atoms with E-state index in [1.165, 1.54) is 16.8 Å². The Morgan fingerprint density at radius 1 is 1.00 bits per heavy atom. The maximum absolute atomic E-state index is 12.8. The largest absolute Gasteiger partial charge is 0.348 e. The molecule has 0 bridgehead atoms. The lowest BCUT2D eigenvalue weighted by atomic mass is 10.1. The average Bonchev–Trinajstić information content (AvgIpc) is 3.13. The molecule has 0 saturated heterocycles. The molecular formula is C25H28N4O. The van der Waals surface area contributed by atoms with Gasteiger partial charge < -0.3 is 9.88 Å². The van der Waals surface area contributed by atoms with Crippen LogP contribution in [-0.4, -0.2) is 20.3 Å². The smallest absolute Gasteiger partial charge is 0.251 e. The summed E-state index contributed by atoms with van der Waals surface area (Å²) in [7, 11) is 1.92. The highest BCUT2D eigenvalue weighted by atomic mass is 16.1. The van der Waals surface area contributed by atoms with Crippen LogP contribution in [0.2, 0.25) is 0 Å². The van der Waals surface area contributed by atoms with Gasteiger partial charge in [-0.15, -0.1) is 0 Å². The number of benzene rings is 2. The predicted octanol–water partition coefficient (Wildman–Crippen LogP) is 4.59. The number of carbonyl (C=O) groups is 1. The SMILES string of the molecule is Cc1nn(C)c(C)c1CNC(=O)c1ccc2c(c1)c(C)c(C)n2Cc1ccccc1. The molecule has 0 unspecified atom stereocenters. The Hall–Kier alpha value is -3.34. The molecule has 0 aliphatic rings. The summed E-state index contributed by atoms with van der Waals surface area (Å²) in [5.41, 5.74) is 8.66. The molecule has 1 N–H and O–H groups in total. The Morgan fingerprint density at radius 3 is 2.40 bits per heavy atom. The van der Waals surface area contributed by atoms with Crippen molar-refractivity contribution >= 4 is 16.8 Å². The molecule has 0 radical (unpaired) electrons. The van der Waals surface area contributed by atoms with Crippen molar-refractivity contribution in [1.82, 2.24) is 19.7 Å². The molecule has 2 heterocycles. The summed E-state index contributed by atoms with van der Waals surface area (Å²) in [5.74, 6) is -0.0626.